The standard InChI is InChI=1S/C22H24N2O3/c1-15(2)14-22-19(25)13-18(16-9-5-3-6-10-16)24(22)21(27)23(20(22)26)17-11-7-4-8-12-17/h3-12,15,18-19,25H,13-14H2,1-2H3. The molecule has 0 spiro atoms. The van der Waals surface area contributed by atoms with Gasteiger partial charge in [0.05, 0.1) is 17.8 Å². The summed E-state index contributed by atoms with van der Waals surface area (Å²) in [4.78, 5) is 29.9. The second kappa shape index (κ2) is 6.50. The van der Waals surface area contributed by atoms with Crippen LogP contribution in [0.15, 0.2) is 60.7 Å². The number of hydrogen-bond donors (Lipinski definition) is 1. The number of rotatable bonds is 4. The van der Waals surface area contributed by atoms with Crippen LogP contribution in [0.25, 0.3) is 0 Å². The molecule has 5 nitrogen and oxygen atoms in total. The molecule has 4 rings (SSSR count). The molecule has 1 N–H and O–H groups in total. The van der Waals surface area contributed by atoms with E-state index in [4.69, 9.17) is 0 Å². The van der Waals surface area contributed by atoms with Crippen LogP contribution in [0.5, 0.6) is 0 Å². The first-order chi connectivity index (χ1) is 13.0. The van der Waals surface area contributed by atoms with Crippen molar-refractivity contribution in [1.29, 1.82) is 0 Å². The fraction of sp³-hybridized carbons (Fsp3) is 0.364. The normalized spacial score (nSPS) is 27.6. The highest BCUT2D eigenvalue weighted by Crippen LogP contribution is 2.51. The number of aliphatic hydroxyl groups excluding tert-OH is 1. The van der Waals surface area contributed by atoms with Crippen LogP contribution in [0.4, 0.5) is 10.5 Å². The van der Waals surface area contributed by atoms with Gasteiger partial charge in [0.15, 0.2) is 5.54 Å². The highest BCUT2D eigenvalue weighted by Gasteiger charge is 2.67. The zero-order chi connectivity index (χ0) is 19.2. The average Bonchev–Trinajstić information content (AvgIpc) is 3.07. The van der Waals surface area contributed by atoms with Gasteiger partial charge in [0.2, 0.25) is 0 Å². The number of aliphatic hydroxyl groups is 1. The largest absolute Gasteiger partial charge is 0.390 e. The van der Waals surface area contributed by atoms with Crippen LogP contribution in [0.1, 0.15) is 38.3 Å². The molecule has 140 valence electrons. The molecule has 2 aromatic rings. The van der Waals surface area contributed by atoms with Crippen molar-refractivity contribution in [3.8, 4) is 0 Å². The van der Waals surface area contributed by atoms with E-state index in [9.17, 15) is 14.7 Å². The number of hydrogen-bond acceptors (Lipinski definition) is 3. The molecule has 3 atom stereocenters. The molecule has 2 heterocycles. The molecule has 2 saturated heterocycles. The van der Waals surface area contributed by atoms with Crippen molar-refractivity contribution in [2.45, 2.75) is 44.4 Å². The van der Waals surface area contributed by atoms with E-state index in [1.165, 1.54) is 4.90 Å². The van der Waals surface area contributed by atoms with E-state index in [1.807, 2.05) is 50.2 Å². The van der Waals surface area contributed by atoms with Gasteiger partial charge in [-0.05, 0) is 30.0 Å². The molecule has 2 aliphatic heterocycles. The fourth-order valence-corrected chi connectivity index (χ4v) is 4.60. The van der Waals surface area contributed by atoms with Gasteiger partial charge >= 0.3 is 6.03 Å². The molecule has 0 saturated carbocycles. The molecule has 0 bridgehead atoms. The third-order valence-corrected chi connectivity index (χ3v) is 5.63. The number of benzene rings is 2. The van der Waals surface area contributed by atoms with E-state index in [0.29, 0.717) is 18.5 Å². The van der Waals surface area contributed by atoms with Crippen LogP contribution in [0, 0.1) is 5.92 Å². The van der Waals surface area contributed by atoms with Crippen LogP contribution < -0.4 is 4.90 Å². The molecule has 2 aliphatic rings. The van der Waals surface area contributed by atoms with Gasteiger partial charge in [-0.1, -0.05) is 62.4 Å². The molecular weight excluding hydrogens is 340 g/mol. The monoisotopic (exact) mass is 364 g/mol. The predicted molar refractivity (Wildman–Crippen MR) is 103 cm³/mol. The van der Waals surface area contributed by atoms with Crippen LogP contribution in [-0.2, 0) is 4.79 Å². The lowest BCUT2D eigenvalue weighted by atomic mass is 9.84. The van der Waals surface area contributed by atoms with Gasteiger partial charge in [-0.3, -0.25) is 9.69 Å². The number of carbonyl (C=O) groups is 2. The first kappa shape index (κ1) is 17.7. The van der Waals surface area contributed by atoms with Crippen molar-refractivity contribution in [3.05, 3.63) is 66.2 Å². The van der Waals surface area contributed by atoms with Gasteiger partial charge in [0, 0.05) is 6.42 Å². The second-order valence-corrected chi connectivity index (χ2v) is 7.83. The van der Waals surface area contributed by atoms with Crippen molar-refractivity contribution < 1.29 is 14.7 Å². The van der Waals surface area contributed by atoms with Crippen LogP contribution >= 0.6 is 0 Å². The topological polar surface area (TPSA) is 60.9 Å². The lowest BCUT2D eigenvalue weighted by Crippen LogP contribution is -2.53. The summed E-state index contributed by atoms with van der Waals surface area (Å²) in [6.45, 7) is 4.02. The summed E-state index contributed by atoms with van der Waals surface area (Å²) in [5, 5.41) is 11.0. The van der Waals surface area contributed by atoms with E-state index >= 15 is 0 Å². The first-order valence-electron chi connectivity index (χ1n) is 9.42. The maximum atomic E-state index is 13.5. The van der Waals surface area contributed by atoms with Crippen molar-refractivity contribution in [2.75, 3.05) is 4.90 Å². The van der Waals surface area contributed by atoms with Crippen molar-refractivity contribution in [1.82, 2.24) is 4.90 Å². The summed E-state index contributed by atoms with van der Waals surface area (Å²) in [5.74, 6) is -0.164. The van der Waals surface area contributed by atoms with E-state index in [0.717, 1.165) is 5.56 Å². The van der Waals surface area contributed by atoms with Crippen molar-refractivity contribution in [2.24, 2.45) is 5.92 Å². The smallest absolute Gasteiger partial charge is 0.332 e. The Balaban J connectivity index is 1.85. The first-order valence-corrected chi connectivity index (χ1v) is 9.42. The number of fused-ring (bicyclic) bond motifs is 1. The molecule has 2 fully saturated rings. The summed E-state index contributed by atoms with van der Waals surface area (Å²) < 4.78 is 0. The van der Waals surface area contributed by atoms with Crippen molar-refractivity contribution >= 4 is 17.6 Å². The minimum absolute atomic E-state index is 0.157. The minimum atomic E-state index is -1.21. The number of para-hydroxylation sites is 1. The number of anilines is 1. The van der Waals surface area contributed by atoms with E-state index < -0.39 is 11.6 Å². The summed E-state index contributed by atoms with van der Waals surface area (Å²) in [6.07, 6.45) is -0.0855. The highest BCUT2D eigenvalue weighted by atomic mass is 16.3. The molecule has 5 heteroatoms. The van der Waals surface area contributed by atoms with Gasteiger partial charge in [-0.25, -0.2) is 9.69 Å². The minimum Gasteiger partial charge on any atom is -0.390 e. The Morgan fingerprint density at radius 1 is 1.04 bits per heavy atom. The number of amides is 3. The molecule has 0 radical (unpaired) electrons. The van der Waals surface area contributed by atoms with Crippen LogP contribution in [-0.4, -0.2) is 33.6 Å². The SMILES string of the molecule is CC(C)CC12C(=O)N(c3ccccc3)C(=O)N1C(c1ccccc1)CC2O. The van der Waals surface area contributed by atoms with Crippen LogP contribution in [0.2, 0.25) is 0 Å². The van der Waals surface area contributed by atoms with Gasteiger partial charge in [0.1, 0.15) is 0 Å². The summed E-state index contributed by atoms with van der Waals surface area (Å²) in [5.41, 5.74) is 0.281. The molecule has 0 aliphatic carbocycles. The second-order valence-electron chi connectivity index (χ2n) is 7.83. The van der Waals surface area contributed by atoms with Gasteiger partial charge < -0.3 is 5.11 Å². The number of urea groups is 1. The Bertz CT molecular complexity index is 852. The maximum absolute atomic E-state index is 13.5. The third-order valence-electron chi connectivity index (χ3n) is 5.63. The molecule has 27 heavy (non-hydrogen) atoms. The van der Waals surface area contributed by atoms with Gasteiger partial charge in [0.25, 0.3) is 5.91 Å². The molecular formula is C22H24N2O3. The Labute approximate surface area is 159 Å². The highest BCUT2D eigenvalue weighted by molar-refractivity contribution is 6.24. The molecule has 2 aromatic carbocycles. The summed E-state index contributed by atoms with van der Waals surface area (Å²) in [6, 6.07) is 18.0. The average molecular weight is 364 g/mol. The zero-order valence-corrected chi connectivity index (χ0v) is 15.6. The Morgan fingerprint density at radius 2 is 1.63 bits per heavy atom. The predicted octanol–water partition coefficient (Wildman–Crippen LogP) is 3.75. The maximum Gasteiger partial charge on any atom is 0.332 e. The third kappa shape index (κ3) is 2.57. The van der Waals surface area contributed by atoms with E-state index in [-0.39, 0.29) is 23.9 Å². The Hall–Kier alpha value is -2.66. The van der Waals surface area contributed by atoms with Crippen LogP contribution in [0.3, 0.4) is 0 Å². The number of nitrogens with zero attached hydrogens (tertiary/aromatic N) is 2. The lowest BCUT2D eigenvalue weighted by Gasteiger charge is -2.34. The summed E-state index contributed by atoms with van der Waals surface area (Å²) in [7, 11) is 0. The van der Waals surface area contributed by atoms with E-state index in [1.54, 1.807) is 29.2 Å². The number of imide groups is 1. The van der Waals surface area contributed by atoms with Gasteiger partial charge in [-0.15, -0.1) is 0 Å². The molecule has 3 amide bonds. The fourth-order valence-electron chi connectivity index (χ4n) is 4.60. The lowest BCUT2D eigenvalue weighted by molar-refractivity contribution is -0.129. The number of carbonyl (C=O) groups excluding carboxylic acids is 2. The zero-order valence-electron chi connectivity index (χ0n) is 15.6. The molecule has 3 unspecified atom stereocenters. The quantitative estimate of drug-likeness (QED) is 0.841. The van der Waals surface area contributed by atoms with Crippen molar-refractivity contribution in [3.63, 3.8) is 0 Å². The van der Waals surface area contributed by atoms with Gasteiger partial charge in [-0.2, -0.15) is 0 Å². The Morgan fingerprint density at radius 3 is 2.22 bits per heavy atom. The molecule has 0 aromatic heterocycles. The summed E-state index contributed by atoms with van der Waals surface area (Å²) >= 11 is 0. The Kier molecular flexibility index (Phi) is 4.27. The van der Waals surface area contributed by atoms with E-state index in [2.05, 4.69) is 0 Å².